The second kappa shape index (κ2) is 7.07. The molecule has 86 valence electrons. The normalized spacial score (nSPS) is 10.6. The highest BCUT2D eigenvalue weighted by molar-refractivity contribution is 6.25. The Bertz CT molecular complexity index is 355. The zero-order valence-corrected chi connectivity index (χ0v) is 10.0. The van der Waals surface area contributed by atoms with E-state index in [4.69, 9.17) is 16.3 Å². The molecule has 0 radical (unpaired) electrons. The molecule has 0 atom stereocenters. The average molecular weight is 239 g/mol. The fourth-order valence-electron chi connectivity index (χ4n) is 1.25. The van der Waals surface area contributed by atoms with Crippen LogP contribution < -0.4 is 4.74 Å². The maximum Gasteiger partial charge on any atom is 0.130 e. The molecule has 0 aromatic heterocycles. The Balaban J connectivity index is 2.44. The molecule has 3 heteroatoms. The third kappa shape index (κ3) is 4.99. The first-order valence-corrected chi connectivity index (χ1v) is 5.62. The smallest absolute Gasteiger partial charge is 0.130 e. The quantitative estimate of drug-likeness (QED) is 0.760. The van der Waals surface area contributed by atoms with Crippen LogP contribution >= 0.6 is 11.6 Å². The molecular weight excluding hydrogens is 224 g/mol. The van der Waals surface area contributed by atoms with Gasteiger partial charge in [-0.15, -0.1) is 0 Å². The van der Waals surface area contributed by atoms with E-state index in [0.717, 1.165) is 17.7 Å². The number of ether oxygens (including phenoxy) is 1. The predicted octanol–water partition coefficient (Wildman–Crippen LogP) is 3.34. The Kier molecular flexibility index (Phi) is 5.65. The van der Waals surface area contributed by atoms with Gasteiger partial charge in [0.2, 0.25) is 0 Å². The molecule has 0 aliphatic carbocycles. The SMILES string of the molecule is CC(=O)CCc1ccc(OCC=CCl)cc1. The van der Waals surface area contributed by atoms with Gasteiger partial charge in [0.1, 0.15) is 18.1 Å². The van der Waals surface area contributed by atoms with Gasteiger partial charge in [-0.2, -0.15) is 0 Å². The molecule has 0 saturated carbocycles. The standard InChI is InChI=1S/C13H15ClO2/c1-11(15)3-4-12-5-7-13(8-6-12)16-10-2-9-14/h2,5-9H,3-4,10H2,1H3. The van der Waals surface area contributed by atoms with Crippen molar-refractivity contribution in [3.63, 3.8) is 0 Å². The van der Waals surface area contributed by atoms with E-state index in [1.807, 2.05) is 24.3 Å². The number of aryl methyl sites for hydroxylation is 1. The van der Waals surface area contributed by atoms with Crippen LogP contribution in [-0.2, 0) is 11.2 Å². The van der Waals surface area contributed by atoms with Gasteiger partial charge in [0.25, 0.3) is 0 Å². The number of rotatable bonds is 6. The lowest BCUT2D eigenvalue weighted by atomic mass is 10.1. The van der Waals surface area contributed by atoms with Crippen LogP contribution in [0.25, 0.3) is 0 Å². The molecule has 16 heavy (non-hydrogen) atoms. The monoisotopic (exact) mass is 238 g/mol. The number of hydrogen-bond acceptors (Lipinski definition) is 2. The minimum absolute atomic E-state index is 0.215. The van der Waals surface area contributed by atoms with Crippen molar-refractivity contribution < 1.29 is 9.53 Å². The molecule has 2 nitrogen and oxygen atoms in total. The van der Waals surface area contributed by atoms with Crippen molar-refractivity contribution in [3.05, 3.63) is 41.4 Å². The molecule has 0 saturated heterocycles. The Hall–Kier alpha value is -1.28. The second-order valence-electron chi connectivity index (χ2n) is 3.52. The summed E-state index contributed by atoms with van der Waals surface area (Å²) >= 11 is 5.37. The van der Waals surface area contributed by atoms with Crippen molar-refractivity contribution in [1.29, 1.82) is 0 Å². The van der Waals surface area contributed by atoms with Crippen LogP contribution in [0.2, 0.25) is 0 Å². The molecule has 0 bridgehead atoms. The fraction of sp³-hybridized carbons (Fsp3) is 0.308. The van der Waals surface area contributed by atoms with Gasteiger partial charge in [-0.25, -0.2) is 0 Å². The summed E-state index contributed by atoms with van der Waals surface area (Å²) in [5, 5.41) is 0. The van der Waals surface area contributed by atoms with E-state index in [0.29, 0.717) is 13.0 Å². The minimum atomic E-state index is 0.215. The zero-order chi connectivity index (χ0) is 11.8. The second-order valence-corrected chi connectivity index (χ2v) is 3.77. The summed E-state index contributed by atoms with van der Waals surface area (Å²) in [4.78, 5) is 10.8. The summed E-state index contributed by atoms with van der Waals surface area (Å²) in [5.41, 5.74) is 2.58. The van der Waals surface area contributed by atoms with Crippen molar-refractivity contribution in [2.45, 2.75) is 19.8 Å². The fourth-order valence-corrected chi connectivity index (χ4v) is 1.33. The molecular formula is C13H15ClO2. The van der Waals surface area contributed by atoms with E-state index in [-0.39, 0.29) is 5.78 Å². The van der Waals surface area contributed by atoms with Crippen LogP contribution in [0.5, 0.6) is 5.75 Å². The van der Waals surface area contributed by atoms with E-state index < -0.39 is 0 Å². The molecule has 0 heterocycles. The Morgan fingerprint density at radius 1 is 1.38 bits per heavy atom. The first kappa shape index (κ1) is 12.8. The first-order chi connectivity index (χ1) is 7.72. The number of carbonyl (C=O) groups excluding carboxylic acids is 1. The van der Waals surface area contributed by atoms with Gasteiger partial charge < -0.3 is 9.53 Å². The van der Waals surface area contributed by atoms with Crippen molar-refractivity contribution in [2.24, 2.45) is 0 Å². The lowest BCUT2D eigenvalue weighted by Crippen LogP contribution is -1.95. The molecule has 0 N–H and O–H groups in total. The Morgan fingerprint density at radius 3 is 2.62 bits per heavy atom. The van der Waals surface area contributed by atoms with Gasteiger partial charge in [0.05, 0.1) is 0 Å². The molecule has 1 rings (SSSR count). The van der Waals surface area contributed by atoms with Crippen LogP contribution in [0.1, 0.15) is 18.9 Å². The minimum Gasteiger partial charge on any atom is -0.490 e. The van der Waals surface area contributed by atoms with E-state index in [2.05, 4.69) is 0 Å². The molecule has 0 amide bonds. The topological polar surface area (TPSA) is 26.3 Å². The number of halogens is 1. The van der Waals surface area contributed by atoms with Crippen molar-refractivity contribution in [2.75, 3.05) is 6.61 Å². The highest BCUT2D eigenvalue weighted by atomic mass is 35.5. The number of ketones is 1. The summed E-state index contributed by atoms with van der Waals surface area (Å²) in [6.07, 6.45) is 3.11. The van der Waals surface area contributed by atoms with Crippen LogP contribution in [-0.4, -0.2) is 12.4 Å². The molecule has 1 aromatic rings. The van der Waals surface area contributed by atoms with Gasteiger partial charge in [-0.1, -0.05) is 23.7 Å². The van der Waals surface area contributed by atoms with Crippen molar-refractivity contribution in [1.82, 2.24) is 0 Å². The van der Waals surface area contributed by atoms with Gasteiger partial charge in [0, 0.05) is 12.0 Å². The van der Waals surface area contributed by atoms with Gasteiger partial charge in [0.15, 0.2) is 0 Å². The van der Waals surface area contributed by atoms with Crippen LogP contribution in [0.3, 0.4) is 0 Å². The number of carbonyl (C=O) groups is 1. The molecule has 0 unspecified atom stereocenters. The maximum atomic E-state index is 10.8. The average Bonchev–Trinajstić information content (AvgIpc) is 2.28. The molecule has 0 fully saturated rings. The maximum absolute atomic E-state index is 10.8. The van der Waals surface area contributed by atoms with E-state index >= 15 is 0 Å². The summed E-state index contributed by atoms with van der Waals surface area (Å²) in [6.45, 7) is 2.08. The Morgan fingerprint density at radius 2 is 2.06 bits per heavy atom. The van der Waals surface area contributed by atoms with Gasteiger partial charge >= 0.3 is 0 Å². The molecule has 1 aromatic carbocycles. The molecule has 0 spiro atoms. The van der Waals surface area contributed by atoms with Crippen LogP contribution in [0, 0.1) is 0 Å². The Labute approximate surface area is 101 Å². The predicted molar refractivity (Wildman–Crippen MR) is 65.9 cm³/mol. The number of Topliss-reactive ketones (excluding diaryl/α,β-unsaturated/α-hetero) is 1. The van der Waals surface area contributed by atoms with Crippen molar-refractivity contribution in [3.8, 4) is 5.75 Å². The van der Waals surface area contributed by atoms with Gasteiger partial charge in [-0.3, -0.25) is 0 Å². The summed E-state index contributed by atoms with van der Waals surface area (Å²) in [5.74, 6) is 1.02. The third-order valence-electron chi connectivity index (χ3n) is 2.12. The number of benzene rings is 1. The lowest BCUT2D eigenvalue weighted by molar-refractivity contribution is -0.116. The number of hydrogen-bond donors (Lipinski definition) is 0. The van der Waals surface area contributed by atoms with Gasteiger partial charge in [-0.05, 0) is 37.1 Å². The summed E-state index contributed by atoms with van der Waals surface area (Å²) in [6, 6.07) is 7.75. The van der Waals surface area contributed by atoms with E-state index in [1.165, 1.54) is 5.54 Å². The largest absolute Gasteiger partial charge is 0.490 e. The highest BCUT2D eigenvalue weighted by Gasteiger charge is 1.97. The van der Waals surface area contributed by atoms with Crippen LogP contribution in [0.4, 0.5) is 0 Å². The van der Waals surface area contributed by atoms with E-state index in [1.54, 1.807) is 13.0 Å². The molecule has 0 aliphatic heterocycles. The summed E-state index contributed by atoms with van der Waals surface area (Å²) in [7, 11) is 0. The lowest BCUT2D eigenvalue weighted by Gasteiger charge is -2.04. The third-order valence-corrected chi connectivity index (χ3v) is 2.30. The van der Waals surface area contributed by atoms with E-state index in [9.17, 15) is 4.79 Å². The zero-order valence-electron chi connectivity index (χ0n) is 9.28. The summed E-state index contributed by atoms with van der Waals surface area (Å²) < 4.78 is 5.39. The molecule has 0 aliphatic rings. The first-order valence-electron chi connectivity index (χ1n) is 5.19. The highest BCUT2D eigenvalue weighted by Crippen LogP contribution is 2.13. The van der Waals surface area contributed by atoms with Crippen molar-refractivity contribution >= 4 is 17.4 Å². The van der Waals surface area contributed by atoms with Crippen LogP contribution in [0.15, 0.2) is 35.9 Å².